The molecular weight excluding hydrogens is 368 g/mol. The van der Waals surface area contributed by atoms with Crippen LogP contribution in [0.2, 0.25) is 0 Å². The molecule has 1 aromatic heterocycles. The molecule has 2 aromatic carbocycles. The SMILES string of the molecule is Cc1cc[n+](CCC(=O)Nc2cccc3c(O)cccc23)cc1.[Br-]. The number of aromatic nitrogens is 1. The van der Waals surface area contributed by atoms with Crippen molar-refractivity contribution in [3.8, 4) is 5.75 Å². The minimum Gasteiger partial charge on any atom is -1.00 e. The number of amides is 1. The largest absolute Gasteiger partial charge is 1.00 e. The van der Waals surface area contributed by atoms with E-state index in [-0.39, 0.29) is 28.6 Å². The zero-order chi connectivity index (χ0) is 16.2. The molecule has 2 N–H and O–H groups in total. The fourth-order valence-corrected chi connectivity index (χ4v) is 2.53. The number of phenols is 1. The van der Waals surface area contributed by atoms with Gasteiger partial charge in [0, 0.05) is 28.6 Å². The van der Waals surface area contributed by atoms with Crippen molar-refractivity contribution in [2.24, 2.45) is 0 Å². The Balaban J connectivity index is 0.00000208. The summed E-state index contributed by atoms with van der Waals surface area (Å²) in [6, 6.07) is 14.8. The Morgan fingerprint density at radius 2 is 1.71 bits per heavy atom. The number of hydrogen-bond acceptors (Lipinski definition) is 2. The van der Waals surface area contributed by atoms with Crippen molar-refractivity contribution in [1.82, 2.24) is 0 Å². The lowest BCUT2D eigenvalue weighted by molar-refractivity contribution is -0.695. The molecule has 3 rings (SSSR count). The number of phenolic OH excluding ortho intramolecular Hbond substituents is 1. The highest BCUT2D eigenvalue weighted by Crippen LogP contribution is 2.29. The smallest absolute Gasteiger partial charge is 0.230 e. The quantitative estimate of drug-likeness (QED) is 0.628. The van der Waals surface area contributed by atoms with Gasteiger partial charge in [0.1, 0.15) is 5.75 Å². The Kier molecular flexibility index (Phi) is 5.93. The molecule has 3 aromatic rings. The van der Waals surface area contributed by atoms with Crippen molar-refractivity contribution in [2.75, 3.05) is 5.32 Å². The van der Waals surface area contributed by atoms with Gasteiger partial charge in [-0.05, 0) is 24.6 Å². The summed E-state index contributed by atoms with van der Waals surface area (Å²) >= 11 is 0. The van der Waals surface area contributed by atoms with E-state index in [1.807, 2.05) is 60.3 Å². The minimum absolute atomic E-state index is 0. The van der Waals surface area contributed by atoms with Crippen molar-refractivity contribution in [3.05, 3.63) is 66.5 Å². The van der Waals surface area contributed by atoms with Gasteiger partial charge in [0.2, 0.25) is 5.91 Å². The molecule has 0 bridgehead atoms. The Morgan fingerprint density at radius 1 is 1.04 bits per heavy atom. The molecule has 0 spiro atoms. The predicted molar refractivity (Wildman–Crippen MR) is 90.2 cm³/mol. The van der Waals surface area contributed by atoms with E-state index in [0.29, 0.717) is 13.0 Å². The average molecular weight is 387 g/mol. The van der Waals surface area contributed by atoms with Crippen LogP contribution in [0.4, 0.5) is 5.69 Å². The molecule has 4 nitrogen and oxygen atoms in total. The molecule has 0 atom stereocenters. The summed E-state index contributed by atoms with van der Waals surface area (Å²) < 4.78 is 1.99. The average Bonchev–Trinajstić information content (AvgIpc) is 2.55. The molecule has 0 aliphatic rings. The van der Waals surface area contributed by atoms with E-state index >= 15 is 0 Å². The Hall–Kier alpha value is -2.40. The van der Waals surface area contributed by atoms with Gasteiger partial charge in [-0.1, -0.05) is 24.3 Å². The third kappa shape index (κ3) is 4.11. The van der Waals surface area contributed by atoms with Gasteiger partial charge in [-0.25, -0.2) is 4.57 Å². The topological polar surface area (TPSA) is 53.2 Å². The van der Waals surface area contributed by atoms with E-state index in [1.54, 1.807) is 12.1 Å². The van der Waals surface area contributed by atoms with E-state index in [1.165, 1.54) is 5.56 Å². The van der Waals surface area contributed by atoms with Crippen LogP contribution in [0, 0.1) is 6.92 Å². The highest BCUT2D eigenvalue weighted by molar-refractivity contribution is 6.03. The number of pyridine rings is 1. The summed E-state index contributed by atoms with van der Waals surface area (Å²) in [7, 11) is 0. The second-order valence-electron chi connectivity index (χ2n) is 5.59. The third-order valence-electron chi connectivity index (χ3n) is 3.83. The van der Waals surface area contributed by atoms with Crippen LogP contribution >= 0.6 is 0 Å². The van der Waals surface area contributed by atoms with Crippen LogP contribution in [-0.2, 0) is 11.3 Å². The zero-order valence-corrected chi connectivity index (χ0v) is 15.0. The number of benzene rings is 2. The maximum atomic E-state index is 12.2. The zero-order valence-electron chi connectivity index (χ0n) is 13.4. The number of rotatable bonds is 4. The fourth-order valence-electron chi connectivity index (χ4n) is 2.53. The molecule has 0 aliphatic heterocycles. The highest BCUT2D eigenvalue weighted by Gasteiger charge is 2.10. The van der Waals surface area contributed by atoms with E-state index in [2.05, 4.69) is 5.32 Å². The molecule has 0 aliphatic carbocycles. The van der Waals surface area contributed by atoms with E-state index in [0.717, 1.165) is 16.5 Å². The summed E-state index contributed by atoms with van der Waals surface area (Å²) in [6.07, 6.45) is 4.33. The molecule has 1 heterocycles. The van der Waals surface area contributed by atoms with Crippen molar-refractivity contribution in [1.29, 1.82) is 0 Å². The molecule has 1 amide bonds. The predicted octanol–water partition coefficient (Wildman–Crippen LogP) is 0.174. The molecular formula is C19H19BrN2O2. The van der Waals surface area contributed by atoms with Gasteiger partial charge in [0.05, 0.1) is 6.42 Å². The van der Waals surface area contributed by atoms with Crippen molar-refractivity contribution >= 4 is 22.4 Å². The van der Waals surface area contributed by atoms with Crippen molar-refractivity contribution in [2.45, 2.75) is 19.9 Å². The maximum Gasteiger partial charge on any atom is 0.230 e. The lowest BCUT2D eigenvalue weighted by atomic mass is 10.1. The molecule has 0 radical (unpaired) electrons. The van der Waals surface area contributed by atoms with Crippen LogP contribution in [0.1, 0.15) is 12.0 Å². The molecule has 0 unspecified atom stereocenters. The number of halogens is 1. The van der Waals surface area contributed by atoms with Crippen LogP contribution in [0.25, 0.3) is 10.8 Å². The van der Waals surface area contributed by atoms with Gasteiger partial charge >= 0.3 is 0 Å². The lowest BCUT2D eigenvalue weighted by Gasteiger charge is -2.09. The number of aryl methyl sites for hydroxylation is 2. The fraction of sp³-hybridized carbons (Fsp3) is 0.158. The number of anilines is 1. The molecule has 0 saturated heterocycles. The molecule has 24 heavy (non-hydrogen) atoms. The van der Waals surface area contributed by atoms with E-state index in [4.69, 9.17) is 0 Å². The van der Waals surface area contributed by atoms with E-state index < -0.39 is 0 Å². The van der Waals surface area contributed by atoms with Crippen molar-refractivity contribution < 1.29 is 31.4 Å². The summed E-state index contributed by atoms with van der Waals surface area (Å²) in [6.45, 7) is 2.66. The summed E-state index contributed by atoms with van der Waals surface area (Å²) in [4.78, 5) is 12.2. The van der Waals surface area contributed by atoms with Crippen LogP contribution in [-0.4, -0.2) is 11.0 Å². The van der Waals surface area contributed by atoms with Crippen LogP contribution in [0.5, 0.6) is 5.75 Å². The summed E-state index contributed by atoms with van der Waals surface area (Å²) in [5, 5.41) is 14.4. The second kappa shape index (κ2) is 7.93. The first-order valence-corrected chi connectivity index (χ1v) is 7.60. The first-order chi connectivity index (χ1) is 11.1. The summed E-state index contributed by atoms with van der Waals surface area (Å²) in [5.74, 6) is 0.169. The molecule has 0 saturated carbocycles. The number of hydrogen-bond donors (Lipinski definition) is 2. The first-order valence-electron chi connectivity index (χ1n) is 7.60. The number of nitrogens with zero attached hydrogens (tertiary/aromatic N) is 1. The van der Waals surface area contributed by atoms with Crippen LogP contribution < -0.4 is 26.9 Å². The van der Waals surface area contributed by atoms with Gasteiger partial charge in [0.25, 0.3) is 0 Å². The highest BCUT2D eigenvalue weighted by atomic mass is 79.9. The maximum absolute atomic E-state index is 12.2. The molecule has 124 valence electrons. The lowest BCUT2D eigenvalue weighted by Crippen LogP contribution is -3.00. The van der Waals surface area contributed by atoms with Gasteiger partial charge < -0.3 is 27.4 Å². The van der Waals surface area contributed by atoms with Gasteiger partial charge in [-0.15, -0.1) is 0 Å². The summed E-state index contributed by atoms with van der Waals surface area (Å²) in [5.41, 5.74) is 1.92. The monoisotopic (exact) mass is 386 g/mol. The second-order valence-corrected chi connectivity index (χ2v) is 5.59. The molecule has 0 fully saturated rings. The Labute approximate surface area is 151 Å². The standard InChI is InChI=1S/C19H18N2O2.BrH/c1-14-8-11-21(12-9-14)13-10-19(23)20-17-6-2-5-16-15(17)4-3-7-18(16)22;/h2-9,11-12H,10,13H2,1H3,(H-,20,22,23);1H. The number of nitrogens with one attached hydrogen (secondary N) is 1. The minimum atomic E-state index is -0.0473. The Bertz CT molecular complexity index is 848. The molecule has 5 heteroatoms. The van der Waals surface area contributed by atoms with E-state index in [9.17, 15) is 9.90 Å². The number of aromatic hydroxyl groups is 1. The number of carbonyl (C=O) groups excluding carboxylic acids is 1. The normalized spacial score (nSPS) is 10.2. The number of fused-ring (bicyclic) bond motifs is 1. The van der Waals surface area contributed by atoms with Crippen molar-refractivity contribution in [3.63, 3.8) is 0 Å². The van der Waals surface area contributed by atoms with Crippen LogP contribution in [0.15, 0.2) is 60.9 Å². The number of carbonyl (C=O) groups is 1. The van der Waals surface area contributed by atoms with Gasteiger partial charge in [-0.3, -0.25) is 4.79 Å². The van der Waals surface area contributed by atoms with Gasteiger partial charge in [0.15, 0.2) is 18.9 Å². The first kappa shape index (κ1) is 17.9. The third-order valence-corrected chi connectivity index (χ3v) is 3.83. The Morgan fingerprint density at radius 3 is 2.46 bits per heavy atom. The van der Waals surface area contributed by atoms with Gasteiger partial charge in [-0.2, -0.15) is 0 Å². The van der Waals surface area contributed by atoms with Crippen LogP contribution in [0.3, 0.4) is 0 Å².